The first-order valence-corrected chi connectivity index (χ1v) is 6.78. The van der Waals surface area contributed by atoms with Gasteiger partial charge < -0.3 is 9.97 Å². The predicted molar refractivity (Wildman–Crippen MR) is 84.8 cm³/mol. The Morgan fingerprint density at radius 2 is 1.86 bits per heavy atom. The second-order valence-electron chi connectivity index (χ2n) is 4.82. The van der Waals surface area contributed by atoms with Gasteiger partial charge in [0.2, 0.25) is 0 Å². The first kappa shape index (κ1) is 12.5. The van der Waals surface area contributed by atoms with Gasteiger partial charge in [0.25, 0.3) is 5.56 Å². The Balaban J connectivity index is 1.97. The number of hydrogen-bond acceptors (Lipinski definition) is 4. The van der Waals surface area contributed by atoms with Crippen molar-refractivity contribution < 1.29 is 0 Å². The van der Waals surface area contributed by atoms with Crippen LogP contribution < -0.4 is 5.56 Å². The quantitative estimate of drug-likeness (QED) is 0.549. The number of hydrogen-bond donors (Lipinski definition) is 2. The number of nitrogens with one attached hydrogen (secondary N) is 2. The Kier molecular flexibility index (Phi) is 2.79. The largest absolute Gasteiger partial charge is 0.346 e. The van der Waals surface area contributed by atoms with Gasteiger partial charge in [0.15, 0.2) is 5.69 Å². The molecule has 6 nitrogen and oxygen atoms in total. The zero-order valence-corrected chi connectivity index (χ0v) is 11.4. The monoisotopic (exact) mass is 289 g/mol. The van der Waals surface area contributed by atoms with Gasteiger partial charge in [-0.3, -0.25) is 4.79 Å². The number of azo groups is 1. The third-order valence-electron chi connectivity index (χ3n) is 3.42. The highest BCUT2D eigenvalue weighted by Gasteiger charge is 2.13. The number of pyridine rings is 2. The summed E-state index contributed by atoms with van der Waals surface area (Å²) in [4.78, 5) is 22.3. The molecule has 0 spiro atoms. The molecule has 0 aliphatic rings. The van der Waals surface area contributed by atoms with Crippen molar-refractivity contribution in [3.63, 3.8) is 0 Å². The van der Waals surface area contributed by atoms with Crippen LogP contribution in [0, 0.1) is 0 Å². The smallest absolute Gasteiger partial charge is 0.276 e. The van der Waals surface area contributed by atoms with Gasteiger partial charge in [-0.1, -0.05) is 18.2 Å². The molecule has 1 aromatic carbocycles. The maximum absolute atomic E-state index is 12.2. The van der Waals surface area contributed by atoms with E-state index in [-0.39, 0.29) is 5.56 Å². The summed E-state index contributed by atoms with van der Waals surface area (Å²) in [7, 11) is 0. The molecule has 22 heavy (non-hydrogen) atoms. The van der Waals surface area contributed by atoms with Gasteiger partial charge >= 0.3 is 0 Å². The molecule has 6 heteroatoms. The zero-order chi connectivity index (χ0) is 14.9. The molecule has 0 amide bonds. The van der Waals surface area contributed by atoms with Crippen molar-refractivity contribution in [2.75, 3.05) is 0 Å². The van der Waals surface area contributed by atoms with Gasteiger partial charge in [-0.25, -0.2) is 4.98 Å². The minimum atomic E-state index is -0.271. The van der Waals surface area contributed by atoms with Crippen LogP contribution in [0.5, 0.6) is 0 Å². The summed E-state index contributed by atoms with van der Waals surface area (Å²) in [6.07, 6.45) is 3.41. The Bertz CT molecular complexity index is 1050. The number of aromatic nitrogens is 3. The summed E-state index contributed by atoms with van der Waals surface area (Å²) >= 11 is 0. The molecule has 3 heterocycles. The van der Waals surface area contributed by atoms with Crippen LogP contribution in [0.15, 0.2) is 69.9 Å². The highest BCUT2D eigenvalue weighted by molar-refractivity contribution is 6.09. The molecule has 0 atom stereocenters. The van der Waals surface area contributed by atoms with Crippen LogP contribution >= 0.6 is 0 Å². The van der Waals surface area contributed by atoms with E-state index in [0.717, 1.165) is 10.8 Å². The first-order valence-electron chi connectivity index (χ1n) is 6.78. The lowest BCUT2D eigenvalue weighted by Gasteiger charge is -1.99. The van der Waals surface area contributed by atoms with Crippen LogP contribution in [0.4, 0.5) is 11.4 Å². The Morgan fingerprint density at radius 1 is 1.00 bits per heavy atom. The van der Waals surface area contributed by atoms with Crippen molar-refractivity contribution in [3.05, 3.63) is 65.2 Å². The molecule has 106 valence electrons. The van der Waals surface area contributed by atoms with Crippen molar-refractivity contribution in [3.8, 4) is 0 Å². The summed E-state index contributed by atoms with van der Waals surface area (Å²) < 4.78 is 0. The van der Waals surface area contributed by atoms with Gasteiger partial charge in [-0.15, -0.1) is 5.11 Å². The van der Waals surface area contributed by atoms with Crippen LogP contribution in [-0.4, -0.2) is 15.0 Å². The first-order chi connectivity index (χ1) is 10.8. The molecular weight excluding hydrogens is 278 g/mol. The molecule has 2 N–H and O–H groups in total. The third-order valence-corrected chi connectivity index (χ3v) is 3.42. The minimum Gasteiger partial charge on any atom is -0.346 e. The lowest BCUT2D eigenvalue weighted by Crippen LogP contribution is -1.95. The minimum absolute atomic E-state index is 0.271. The number of fused-ring (bicyclic) bond motifs is 3. The maximum atomic E-state index is 12.2. The second-order valence-corrected chi connectivity index (χ2v) is 4.82. The van der Waals surface area contributed by atoms with E-state index >= 15 is 0 Å². The van der Waals surface area contributed by atoms with Crippen LogP contribution in [-0.2, 0) is 0 Å². The highest BCUT2D eigenvalue weighted by Crippen LogP contribution is 2.29. The summed E-state index contributed by atoms with van der Waals surface area (Å²) in [5.41, 5.74) is 2.07. The Hall–Kier alpha value is -3.28. The lowest BCUT2D eigenvalue weighted by atomic mass is 10.2. The van der Waals surface area contributed by atoms with Gasteiger partial charge in [-0.2, -0.15) is 5.11 Å². The zero-order valence-electron chi connectivity index (χ0n) is 11.4. The fraction of sp³-hybridized carbons (Fsp3) is 0. The summed E-state index contributed by atoms with van der Waals surface area (Å²) in [5.74, 6) is 0. The molecule has 0 radical (unpaired) electrons. The second kappa shape index (κ2) is 4.92. The van der Waals surface area contributed by atoms with Gasteiger partial charge in [0.05, 0.1) is 17.4 Å². The van der Waals surface area contributed by atoms with Crippen molar-refractivity contribution in [2.45, 2.75) is 0 Å². The molecule has 0 unspecified atom stereocenters. The van der Waals surface area contributed by atoms with E-state index in [2.05, 4.69) is 25.2 Å². The lowest BCUT2D eigenvalue weighted by molar-refractivity contribution is 1.21. The average Bonchev–Trinajstić information content (AvgIpc) is 2.90. The molecule has 0 aliphatic carbocycles. The molecule has 4 rings (SSSR count). The Morgan fingerprint density at radius 3 is 2.73 bits per heavy atom. The SMILES string of the molecule is O=c1[nH]c2cnc3[nH]cccc3c2c1N=Nc1ccccc1. The van der Waals surface area contributed by atoms with Crippen molar-refractivity contribution in [1.82, 2.24) is 15.0 Å². The van der Waals surface area contributed by atoms with Crippen molar-refractivity contribution in [2.24, 2.45) is 10.2 Å². The number of nitrogens with zero attached hydrogens (tertiary/aromatic N) is 3. The maximum Gasteiger partial charge on any atom is 0.276 e. The van der Waals surface area contributed by atoms with E-state index in [1.54, 1.807) is 12.4 Å². The van der Waals surface area contributed by atoms with E-state index in [4.69, 9.17) is 0 Å². The van der Waals surface area contributed by atoms with E-state index < -0.39 is 0 Å². The van der Waals surface area contributed by atoms with Gasteiger partial charge in [0, 0.05) is 17.0 Å². The fourth-order valence-corrected chi connectivity index (χ4v) is 2.42. The standard InChI is InChI=1S/C16H11N5O/c22-16-14(21-20-10-5-2-1-3-6-10)13-11-7-4-8-17-15(11)18-9-12(13)19-16/h1-9H,(H,17,18)(H,19,22). The number of aromatic amines is 2. The van der Waals surface area contributed by atoms with Crippen molar-refractivity contribution >= 4 is 33.3 Å². The molecule has 3 aromatic heterocycles. The fourth-order valence-electron chi connectivity index (χ4n) is 2.42. The number of rotatable bonds is 2. The van der Waals surface area contributed by atoms with E-state index in [1.165, 1.54) is 0 Å². The summed E-state index contributed by atoms with van der Waals surface area (Å²) in [5, 5.41) is 9.86. The van der Waals surface area contributed by atoms with Gasteiger partial charge in [0.1, 0.15) is 5.65 Å². The third kappa shape index (κ3) is 1.98. The molecule has 0 saturated carbocycles. The molecule has 4 aromatic rings. The van der Waals surface area contributed by atoms with E-state index in [0.29, 0.717) is 22.5 Å². The normalized spacial score (nSPS) is 11.6. The van der Waals surface area contributed by atoms with Crippen LogP contribution in [0.25, 0.3) is 21.9 Å². The van der Waals surface area contributed by atoms with Gasteiger partial charge in [-0.05, 0) is 24.3 Å². The van der Waals surface area contributed by atoms with Crippen LogP contribution in [0.3, 0.4) is 0 Å². The number of benzene rings is 1. The summed E-state index contributed by atoms with van der Waals surface area (Å²) in [6, 6.07) is 13.1. The van der Waals surface area contributed by atoms with E-state index in [9.17, 15) is 4.79 Å². The molecular formula is C16H11N5O. The van der Waals surface area contributed by atoms with Crippen molar-refractivity contribution in [1.29, 1.82) is 0 Å². The Labute approximate surface area is 124 Å². The topological polar surface area (TPSA) is 86.3 Å². The number of H-pyrrole nitrogens is 2. The molecule has 0 saturated heterocycles. The average molecular weight is 289 g/mol. The van der Waals surface area contributed by atoms with Crippen LogP contribution in [0.1, 0.15) is 0 Å². The molecule has 0 aliphatic heterocycles. The molecule has 0 fully saturated rings. The molecule has 0 bridgehead atoms. The highest BCUT2D eigenvalue weighted by atomic mass is 16.1. The van der Waals surface area contributed by atoms with E-state index in [1.807, 2.05) is 42.5 Å². The van der Waals surface area contributed by atoms with Crippen LogP contribution in [0.2, 0.25) is 0 Å². The summed E-state index contributed by atoms with van der Waals surface area (Å²) in [6.45, 7) is 0. The predicted octanol–water partition coefficient (Wildman–Crippen LogP) is 3.82.